The minimum atomic E-state index is 0.613. The molecular formula is C10H9ClOS. The molecule has 1 aromatic carbocycles. The minimum absolute atomic E-state index is 0.613. The quantitative estimate of drug-likeness (QED) is 0.563. The number of halogens is 1. The molecule has 0 aromatic heterocycles. The van der Waals surface area contributed by atoms with Crippen molar-refractivity contribution < 1.29 is 4.79 Å². The highest BCUT2D eigenvalue weighted by Gasteiger charge is 1.96. The maximum atomic E-state index is 10.4. The number of hydrogen-bond donors (Lipinski definition) is 0. The van der Waals surface area contributed by atoms with Gasteiger partial charge in [0.05, 0.1) is 0 Å². The summed E-state index contributed by atoms with van der Waals surface area (Å²) in [7, 11) is 0. The van der Waals surface area contributed by atoms with Crippen LogP contribution in [0.1, 0.15) is 10.4 Å². The number of carbonyl (C=O) groups excluding carboxylic acids is 1. The first kappa shape index (κ1) is 10.4. The van der Waals surface area contributed by atoms with Crippen LogP contribution in [-0.4, -0.2) is 12.0 Å². The van der Waals surface area contributed by atoms with Gasteiger partial charge in [0, 0.05) is 21.2 Å². The van der Waals surface area contributed by atoms with E-state index in [2.05, 4.69) is 6.58 Å². The second kappa shape index (κ2) is 5.10. The average molecular weight is 213 g/mol. The molecular weight excluding hydrogens is 204 g/mol. The molecule has 1 nitrogen and oxygen atoms in total. The van der Waals surface area contributed by atoms with Crippen molar-refractivity contribution in [1.82, 2.24) is 0 Å². The Morgan fingerprint density at radius 2 is 2.38 bits per heavy atom. The topological polar surface area (TPSA) is 17.1 Å². The highest BCUT2D eigenvalue weighted by Crippen LogP contribution is 2.21. The molecule has 0 aliphatic heterocycles. The summed E-state index contributed by atoms with van der Waals surface area (Å²) in [5, 5.41) is 0.613. The van der Waals surface area contributed by atoms with Crippen LogP contribution in [0.15, 0.2) is 40.8 Å². The van der Waals surface area contributed by atoms with Gasteiger partial charge in [0.1, 0.15) is 6.29 Å². The van der Waals surface area contributed by atoms with Crippen molar-refractivity contribution in [3.63, 3.8) is 0 Å². The van der Waals surface area contributed by atoms with Crippen LogP contribution in [0.25, 0.3) is 0 Å². The van der Waals surface area contributed by atoms with Crippen molar-refractivity contribution in [1.29, 1.82) is 0 Å². The lowest BCUT2D eigenvalue weighted by atomic mass is 10.2. The van der Waals surface area contributed by atoms with Gasteiger partial charge in [-0.3, -0.25) is 4.79 Å². The first-order chi connectivity index (χ1) is 6.22. The number of hydrogen-bond acceptors (Lipinski definition) is 2. The van der Waals surface area contributed by atoms with Crippen LogP contribution in [0.4, 0.5) is 0 Å². The van der Waals surface area contributed by atoms with Gasteiger partial charge in [0.25, 0.3) is 0 Å². The molecule has 0 aliphatic carbocycles. The molecule has 3 heteroatoms. The molecule has 0 bridgehead atoms. The number of aldehydes is 1. The van der Waals surface area contributed by atoms with Gasteiger partial charge in [-0.1, -0.05) is 30.3 Å². The Morgan fingerprint density at radius 3 is 3.00 bits per heavy atom. The summed E-state index contributed by atoms with van der Waals surface area (Å²) >= 11 is 7.18. The standard InChI is InChI=1S/C10H9ClOS/c1-8(11)7-13-10-4-2-3-9(5-10)6-12/h2-6H,1,7H2. The van der Waals surface area contributed by atoms with Crippen molar-refractivity contribution in [2.45, 2.75) is 4.90 Å². The first-order valence-electron chi connectivity index (χ1n) is 3.73. The fraction of sp³-hybridized carbons (Fsp3) is 0.100. The average Bonchev–Trinajstić information content (AvgIpc) is 2.15. The van der Waals surface area contributed by atoms with Crippen LogP contribution in [0.3, 0.4) is 0 Å². The van der Waals surface area contributed by atoms with Gasteiger partial charge in [-0.2, -0.15) is 0 Å². The van der Waals surface area contributed by atoms with Crippen molar-refractivity contribution in [3.8, 4) is 0 Å². The zero-order valence-electron chi connectivity index (χ0n) is 7.00. The zero-order chi connectivity index (χ0) is 9.68. The van der Waals surface area contributed by atoms with Crippen molar-refractivity contribution in [2.75, 3.05) is 5.75 Å². The lowest BCUT2D eigenvalue weighted by Crippen LogP contribution is -1.81. The maximum absolute atomic E-state index is 10.4. The van der Waals surface area contributed by atoms with Crippen LogP contribution in [-0.2, 0) is 0 Å². The van der Waals surface area contributed by atoms with E-state index in [-0.39, 0.29) is 0 Å². The number of benzene rings is 1. The van der Waals surface area contributed by atoms with Crippen molar-refractivity contribution in [3.05, 3.63) is 41.4 Å². The highest BCUT2D eigenvalue weighted by molar-refractivity contribution is 7.99. The minimum Gasteiger partial charge on any atom is -0.298 e. The fourth-order valence-corrected chi connectivity index (χ4v) is 1.72. The molecule has 13 heavy (non-hydrogen) atoms. The predicted octanol–water partition coefficient (Wildman–Crippen LogP) is 3.34. The predicted molar refractivity (Wildman–Crippen MR) is 57.5 cm³/mol. The lowest BCUT2D eigenvalue weighted by Gasteiger charge is -1.99. The Labute approximate surface area is 86.8 Å². The summed E-state index contributed by atoms with van der Waals surface area (Å²) < 4.78 is 0. The first-order valence-corrected chi connectivity index (χ1v) is 5.10. The molecule has 0 amide bonds. The fourth-order valence-electron chi connectivity index (χ4n) is 0.839. The molecule has 0 spiro atoms. The van der Waals surface area contributed by atoms with E-state index in [1.165, 1.54) is 0 Å². The van der Waals surface area contributed by atoms with Crippen LogP contribution in [0.2, 0.25) is 0 Å². The maximum Gasteiger partial charge on any atom is 0.150 e. The van der Waals surface area contributed by atoms with Gasteiger partial charge in [0.15, 0.2) is 0 Å². The molecule has 0 unspecified atom stereocenters. The van der Waals surface area contributed by atoms with Crippen molar-refractivity contribution in [2.24, 2.45) is 0 Å². The molecule has 0 aliphatic rings. The van der Waals surface area contributed by atoms with E-state index in [4.69, 9.17) is 11.6 Å². The molecule has 68 valence electrons. The van der Waals surface area contributed by atoms with Crippen molar-refractivity contribution >= 4 is 29.6 Å². The Balaban J connectivity index is 2.66. The summed E-state index contributed by atoms with van der Waals surface area (Å²) in [5.74, 6) is 0.671. The Kier molecular flexibility index (Phi) is 4.06. The molecule has 1 aromatic rings. The SMILES string of the molecule is C=C(Cl)CSc1cccc(C=O)c1. The van der Waals surface area contributed by atoms with Gasteiger partial charge >= 0.3 is 0 Å². The van der Waals surface area contributed by atoms with E-state index in [0.717, 1.165) is 11.2 Å². The van der Waals surface area contributed by atoms with Gasteiger partial charge in [-0.05, 0) is 12.1 Å². The zero-order valence-corrected chi connectivity index (χ0v) is 8.57. The summed E-state index contributed by atoms with van der Waals surface area (Å²) in [4.78, 5) is 11.5. The second-order valence-corrected chi connectivity index (χ2v) is 4.08. The highest BCUT2D eigenvalue weighted by atomic mass is 35.5. The summed E-state index contributed by atoms with van der Waals surface area (Å²) in [6.45, 7) is 3.59. The summed E-state index contributed by atoms with van der Waals surface area (Å²) in [6.07, 6.45) is 0.833. The molecule has 0 fully saturated rings. The molecule has 0 saturated heterocycles. The van der Waals surface area contributed by atoms with E-state index >= 15 is 0 Å². The monoisotopic (exact) mass is 212 g/mol. The third-order valence-electron chi connectivity index (χ3n) is 1.39. The third-order valence-corrected chi connectivity index (χ3v) is 2.76. The smallest absolute Gasteiger partial charge is 0.150 e. The Morgan fingerprint density at radius 1 is 1.62 bits per heavy atom. The second-order valence-electron chi connectivity index (χ2n) is 2.50. The van der Waals surface area contributed by atoms with E-state index in [0.29, 0.717) is 16.3 Å². The molecule has 1 rings (SSSR count). The van der Waals surface area contributed by atoms with Crippen LogP contribution in [0, 0.1) is 0 Å². The Bertz CT molecular complexity index is 322. The number of carbonyl (C=O) groups is 1. The molecule has 0 heterocycles. The molecule has 0 radical (unpaired) electrons. The lowest BCUT2D eigenvalue weighted by molar-refractivity contribution is 0.112. The molecule has 0 N–H and O–H groups in total. The summed E-state index contributed by atoms with van der Waals surface area (Å²) in [5.41, 5.74) is 0.685. The van der Waals surface area contributed by atoms with Crippen LogP contribution < -0.4 is 0 Å². The summed E-state index contributed by atoms with van der Waals surface area (Å²) in [6, 6.07) is 7.39. The van der Waals surface area contributed by atoms with E-state index in [1.807, 2.05) is 18.2 Å². The normalized spacial score (nSPS) is 9.62. The number of thioether (sulfide) groups is 1. The molecule has 0 atom stereocenters. The third kappa shape index (κ3) is 3.66. The van der Waals surface area contributed by atoms with Crippen LogP contribution >= 0.6 is 23.4 Å². The van der Waals surface area contributed by atoms with Crippen LogP contribution in [0.5, 0.6) is 0 Å². The Hall–Kier alpha value is -0.730. The van der Waals surface area contributed by atoms with E-state index in [9.17, 15) is 4.79 Å². The largest absolute Gasteiger partial charge is 0.298 e. The molecule has 0 saturated carbocycles. The van der Waals surface area contributed by atoms with Gasteiger partial charge in [-0.25, -0.2) is 0 Å². The van der Waals surface area contributed by atoms with Gasteiger partial charge in [0.2, 0.25) is 0 Å². The van der Waals surface area contributed by atoms with E-state index < -0.39 is 0 Å². The van der Waals surface area contributed by atoms with Gasteiger partial charge in [-0.15, -0.1) is 11.8 Å². The van der Waals surface area contributed by atoms with Gasteiger partial charge < -0.3 is 0 Å². The number of rotatable bonds is 4. The van der Waals surface area contributed by atoms with E-state index in [1.54, 1.807) is 17.8 Å².